The zero-order chi connectivity index (χ0) is 15.6. The first-order chi connectivity index (χ1) is 9.93. The van der Waals surface area contributed by atoms with Gasteiger partial charge in [0.15, 0.2) is 0 Å². The fourth-order valence-electron chi connectivity index (χ4n) is 2.10. The maximum atomic E-state index is 12.1. The Balaban J connectivity index is 2.58. The summed E-state index contributed by atoms with van der Waals surface area (Å²) in [4.78, 5) is 23.5. The molecule has 2 aromatic rings. The van der Waals surface area contributed by atoms with Gasteiger partial charge in [0.25, 0.3) is 5.56 Å². The van der Waals surface area contributed by atoms with E-state index in [1.165, 1.54) is 11.6 Å². The van der Waals surface area contributed by atoms with Crippen molar-refractivity contribution >= 4 is 17.4 Å². The number of benzene rings is 1. The maximum Gasteiger partial charge on any atom is 0.319 e. The van der Waals surface area contributed by atoms with Crippen LogP contribution in [0.4, 0.5) is 16.2 Å². The van der Waals surface area contributed by atoms with Gasteiger partial charge in [0.1, 0.15) is 5.69 Å². The van der Waals surface area contributed by atoms with E-state index in [2.05, 4.69) is 10.6 Å². The fraction of sp³-hybridized carbons (Fsp3) is 0.200. The molecule has 21 heavy (non-hydrogen) atoms. The summed E-state index contributed by atoms with van der Waals surface area (Å²) in [6.07, 6.45) is 1.72. The molecule has 110 valence electrons. The number of hydrogen-bond acceptors (Lipinski definition) is 3. The van der Waals surface area contributed by atoms with Crippen LogP contribution in [-0.4, -0.2) is 17.6 Å². The topological polar surface area (TPSA) is 89.2 Å². The molecule has 0 saturated heterocycles. The van der Waals surface area contributed by atoms with Crippen molar-refractivity contribution in [1.29, 1.82) is 0 Å². The number of nitrogens with two attached hydrogens (primary N) is 1. The molecule has 1 heterocycles. The number of hydrogen-bond donors (Lipinski definition) is 3. The predicted octanol–water partition coefficient (Wildman–Crippen LogP) is 1.69. The molecule has 0 spiro atoms. The van der Waals surface area contributed by atoms with Gasteiger partial charge in [-0.2, -0.15) is 0 Å². The highest BCUT2D eigenvalue weighted by atomic mass is 16.2. The van der Waals surface area contributed by atoms with E-state index in [0.717, 1.165) is 16.7 Å². The number of aryl methyl sites for hydroxylation is 1. The minimum absolute atomic E-state index is 0.219. The number of anilines is 2. The Labute approximate surface area is 122 Å². The van der Waals surface area contributed by atoms with Gasteiger partial charge in [-0.3, -0.25) is 4.79 Å². The quantitative estimate of drug-likeness (QED) is 0.734. The predicted molar refractivity (Wildman–Crippen MR) is 84.3 cm³/mol. The van der Waals surface area contributed by atoms with E-state index in [1.54, 1.807) is 19.3 Å². The average molecular weight is 286 g/mol. The van der Waals surface area contributed by atoms with Crippen molar-refractivity contribution in [1.82, 2.24) is 9.88 Å². The molecule has 0 saturated carbocycles. The number of carbonyl (C=O) groups is 1. The van der Waals surface area contributed by atoms with Crippen LogP contribution in [0, 0.1) is 6.92 Å². The summed E-state index contributed by atoms with van der Waals surface area (Å²) in [5, 5.41) is 4.95. The van der Waals surface area contributed by atoms with Gasteiger partial charge in [-0.15, -0.1) is 0 Å². The van der Waals surface area contributed by atoms with Crippen LogP contribution in [-0.2, 0) is 7.05 Å². The zero-order valence-electron chi connectivity index (χ0n) is 12.2. The van der Waals surface area contributed by atoms with Gasteiger partial charge >= 0.3 is 6.03 Å². The Hall–Kier alpha value is -2.76. The lowest BCUT2D eigenvalue weighted by molar-refractivity contribution is 0.254. The van der Waals surface area contributed by atoms with Crippen LogP contribution >= 0.6 is 0 Å². The lowest BCUT2D eigenvalue weighted by Gasteiger charge is -2.12. The molecule has 0 aliphatic carbocycles. The van der Waals surface area contributed by atoms with Gasteiger partial charge in [-0.05, 0) is 30.2 Å². The second-order valence-electron chi connectivity index (χ2n) is 4.78. The molecule has 0 bridgehead atoms. The van der Waals surface area contributed by atoms with Gasteiger partial charge in [0.2, 0.25) is 0 Å². The minimum atomic E-state index is -0.437. The number of pyridine rings is 1. The molecule has 1 aromatic carbocycles. The Kier molecular flexibility index (Phi) is 3.98. The summed E-state index contributed by atoms with van der Waals surface area (Å²) in [7, 11) is 3.13. The first kappa shape index (κ1) is 14.6. The number of nitrogens with one attached hydrogen (secondary N) is 2. The van der Waals surface area contributed by atoms with Gasteiger partial charge in [-0.1, -0.05) is 12.1 Å². The Morgan fingerprint density at radius 3 is 2.71 bits per heavy atom. The van der Waals surface area contributed by atoms with E-state index in [4.69, 9.17) is 5.73 Å². The number of amides is 2. The average Bonchev–Trinajstić information content (AvgIpc) is 2.46. The molecule has 0 fully saturated rings. The zero-order valence-corrected chi connectivity index (χ0v) is 12.2. The number of urea groups is 1. The number of nitrogens with zero attached hydrogens (tertiary/aromatic N) is 1. The van der Waals surface area contributed by atoms with Crippen LogP contribution in [0.1, 0.15) is 5.56 Å². The molecule has 6 heteroatoms. The van der Waals surface area contributed by atoms with Crippen molar-refractivity contribution in [3.63, 3.8) is 0 Å². The second kappa shape index (κ2) is 5.70. The summed E-state index contributed by atoms with van der Waals surface area (Å²) in [5.41, 5.74) is 9.21. The number of rotatable bonds is 2. The lowest BCUT2D eigenvalue weighted by Crippen LogP contribution is -2.29. The molecular formula is C15H18N4O2. The molecule has 0 radical (unpaired) electrons. The van der Waals surface area contributed by atoms with Gasteiger partial charge in [0, 0.05) is 31.5 Å². The molecule has 0 aliphatic rings. The van der Waals surface area contributed by atoms with Crippen molar-refractivity contribution in [2.45, 2.75) is 6.92 Å². The molecule has 2 amide bonds. The van der Waals surface area contributed by atoms with Crippen LogP contribution in [0.5, 0.6) is 0 Å². The van der Waals surface area contributed by atoms with Crippen molar-refractivity contribution in [3.05, 3.63) is 46.4 Å². The second-order valence-corrected chi connectivity index (χ2v) is 4.78. The summed E-state index contributed by atoms with van der Waals surface area (Å²) < 4.78 is 1.43. The third-order valence-electron chi connectivity index (χ3n) is 3.35. The molecule has 1 aromatic heterocycles. The molecule has 0 aliphatic heterocycles. The van der Waals surface area contributed by atoms with E-state index in [1.807, 2.05) is 25.1 Å². The summed E-state index contributed by atoms with van der Waals surface area (Å²) >= 11 is 0. The molecule has 0 atom stereocenters. The fourth-order valence-corrected chi connectivity index (χ4v) is 2.10. The molecule has 0 unspecified atom stereocenters. The smallest absolute Gasteiger partial charge is 0.319 e. The molecular weight excluding hydrogens is 268 g/mol. The first-order valence-electron chi connectivity index (χ1n) is 6.49. The third-order valence-corrected chi connectivity index (χ3v) is 3.35. The highest BCUT2D eigenvalue weighted by Crippen LogP contribution is 2.27. The molecule has 4 N–H and O–H groups in total. The van der Waals surface area contributed by atoms with Crippen LogP contribution < -0.4 is 21.9 Å². The van der Waals surface area contributed by atoms with Crippen molar-refractivity contribution in [3.8, 4) is 11.1 Å². The Morgan fingerprint density at radius 2 is 2.05 bits per heavy atom. The van der Waals surface area contributed by atoms with Crippen molar-refractivity contribution < 1.29 is 4.79 Å². The molecule has 6 nitrogen and oxygen atoms in total. The van der Waals surface area contributed by atoms with Crippen molar-refractivity contribution in [2.75, 3.05) is 18.1 Å². The normalized spacial score (nSPS) is 10.2. The van der Waals surface area contributed by atoms with Crippen LogP contribution in [0.2, 0.25) is 0 Å². The Bertz CT molecular complexity index is 750. The van der Waals surface area contributed by atoms with Crippen LogP contribution in [0.15, 0.2) is 35.3 Å². The Morgan fingerprint density at radius 1 is 1.33 bits per heavy atom. The monoisotopic (exact) mass is 286 g/mol. The SMILES string of the molecule is CNC(=O)Nc1cc(-c2cccc(N)c2C)cn(C)c1=O. The van der Waals surface area contributed by atoms with Crippen LogP contribution in [0.3, 0.4) is 0 Å². The van der Waals surface area contributed by atoms with E-state index in [9.17, 15) is 9.59 Å². The lowest BCUT2D eigenvalue weighted by atomic mass is 10.0. The molecule has 2 rings (SSSR count). The van der Waals surface area contributed by atoms with Gasteiger partial charge in [-0.25, -0.2) is 4.79 Å². The largest absolute Gasteiger partial charge is 0.398 e. The highest BCUT2D eigenvalue weighted by Gasteiger charge is 2.11. The number of carbonyl (C=O) groups excluding carboxylic acids is 1. The van der Waals surface area contributed by atoms with E-state index in [-0.39, 0.29) is 11.2 Å². The van der Waals surface area contributed by atoms with E-state index < -0.39 is 6.03 Å². The van der Waals surface area contributed by atoms with E-state index >= 15 is 0 Å². The maximum absolute atomic E-state index is 12.1. The van der Waals surface area contributed by atoms with E-state index in [0.29, 0.717) is 5.69 Å². The summed E-state index contributed by atoms with van der Waals surface area (Å²) in [6, 6.07) is 6.82. The standard InChI is InChI=1S/C15H18N4O2/c1-9-11(5-4-6-12(9)16)10-7-13(18-15(21)17-2)14(20)19(3)8-10/h4-8H,16H2,1-3H3,(H2,17,18,21). The number of aromatic nitrogens is 1. The third kappa shape index (κ3) is 2.89. The van der Waals surface area contributed by atoms with Gasteiger partial charge in [0.05, 0.1) is 0 Å². The van der Waals surface area contributed by atoms with Crippen molar-refractivity contribution in [2.24, 2.45) is 7.05 Å². The highest BCUT2D eigenvalue weighted by molar-refractivity contribution is 5.89. The first-order valence-corrected chi connectivity index (χ1v) is 6.49. The number of nitrogen functional groups attached to an aromatic ring is 1. The van der Waals surface area contributed by atoms with Gasteiger partial charge < -0.3 is 20.9 Å². The summed E-state index contributed by atoms with van der Waals surface area (Å²) in [5.74, 6) is 0. The summed E-state index contributed by atoms with van der Waals surface area (Å²) in [6.45, 7) is 1.92. The minimum Gasteiger partial charge on any atom is -0.398 e. The van der Waals surface area contributed by atoms with Crippen LogP contribution in [0.25, 0.3) is 11.1 Å².